The summed E-state index contributed by atoms with van der Waals surface area (Å²) in [5.74, 6) is 1.05. The summed E-state index contributed by atoms with van der Waals surface area (Å²) in [4.78, 5) is 8.79. The van der Waals surface area contributed by atoms with Gasteiger partial charge in [0.25, 0.3) is 0 Å². The quantitative estimate of drug-likeness (QED) is 0.902. The summed E-state index contributed by atoms with van der Waals surface area (Å²) >= 11 is 0. The van der Waals surface area contributed by atoms with E-state index in [9.17, 15) is 0 Å². The molecule has 1 heterocycles. The van der Waals surface area contributed by atoms with Crippen molar-refractivity contribution < 1.29 is 0 Å². The fourth-order valence-corrected chi connectivity index (χ4v) is 2.82. The lowest BCUT2D eigenvalue weighted by molar-refractivity contribution is 0.701. The number of fused-ring (bicyclic) bond motifs is 1. The second-order valence-electron chi connectivity index (χ2n) is 5.57. The number of nitrogens with zero attached hydrogens (tertiary/aromatic N) is 2. The molecule has 3 rings (SSSR count). The highest BCUT2D eigenvalue weighted by Gasteiger charge is 2.17. The lowest BCUT2D eigenvalue weighted by Crippen LogP contribution is -2.18. The zero-order valence-electron chi connectivity index (χ0n) is 12.0. The van der Waals surface area contributed by atoms with Crippen LogP contribution in [0.2, 0.25) is 0 Å². The Hall–Kier alpha value is -1.90. The van der Waals surface area contributed by atoms with Gasteiger partial charge in [-0.3, -0.25) is 0 Å². The third-order valence-electron chi connectivity index (χ3n) is 3.97. The van der Waals surface area contributed by atoms with Crippen LogP contribution in [0.3, 0.4) is 0 Å². The monoisotopic (exact) mass is 267 g/mol. The minimum Gasteiger partial charge on any atom is -0.367 e. The molecule has 0 saturated carbocycles. The van der Waals surface area contributed by atoms with Crippen molar-refractivity contribution in [2.24, 2.45) is 0 Å². The van der Waals surface area contributed by atoms with Gasteiger partial charge in [-0.2, -0.15) is 0 Å². The predicted octanol–water partition coefficient (Wildman–Crippen LogP) is 3.40. The Kier molecular flexibility index (Phi) is 3.95. The van der Waals surface area contributed by atoms with Crippen molar-refractivity contribution in [3.63, 3.8) is 0 Å². The molecule has 0 bridgehead atoms. The molecule has 1 aromatic heterocycles. The van der Waals surface area contributed by atoms with Gasteiger partial charge in [0.05, 0.1) is 0 Å². The van der Waals surface area contributed by atoms with E-state index < -0.39 is 0 Å². The number of anilines is 1. The van der Waals surface area contributed by atoms with E-state index in [0.717, 1.165) is 31.5 Å². The molecule has 104 valence electrons. The molecule has 0 radical (unpaired) electrons. The Morgan fingerprint density at radius 2 is 2.00 bits per heavy atom. The highest BCUT2D eigenvalue weighted by Crippen LogP contribution is 2.25. The Morgan fingerprint density at radius 1 is 1.15 bits per heavy atom. The van der Waals surface area contributed by atoms with E-state index in [1.54, 1.807) is 6.33 Å². The molecular formula is C17H21N3. The van der Waals surface area contributed by atoms with E-state index in [2.05, 4.69) is 52.5 Å². The van der Waals surface area contributed by atoms with Crippen LogP contribution >= 0.6 is 0 Å². The molecule has 20 heavy (non-hydrogen) atoms. The van der Waals surface area contributed by atoms with Gasteiger partial charge >= 0.3 is 0 Å². The molecule has 1 aliphatic rings. The van der Waals surface area contributed by atoms with Gasteiger partial charge in [-0.1, -0.05) is 30.3 Å². The average molecular weight is 267 g/mol. The third kappa shape index (κ3) is 2.98. The van der Waals surface area contributed by atoms with Gasteiger partial charge in [0.2, 0.25) is 0 Å². The first-order valence-corrected chi connectivity index (χ1v) is 7.46. The SMILES string of the molecule is CC(CCc1ccccc1)Nc1ncnc2c1CCC2. The van der Waals surface area contributed by atoms with Crippen LogP contribution in [0.15, 0.2) is 36.7 Å². The van der Waals surface area contributed by atoms with Crippen LogP contribution in [0.4, 0.5) is 5.82 Å². The highest BCUT2D eigenvalue weighted by atomic mass is 15.0. The van der Waals surface area contributed by atoms with Crippen molar-refractivity contribution in [2.75, 3.05) is 5.32 Å². The summed E-state index contributed by atoms with van der Waals surface area (Å²) in [6.07, 6.45) is 7.33. The lowest BCUT2D eigenvalue weighted by atomic mass is 10.1. The van der Waals surface area contributed by atoms with Crippen molar-refractivity contribution in [1.82, 2.24) is 9.97 Å². The number of rotatable bonds is 5. The van der Waals surface area contributed by atoms with Crippen LogP contribution in [-0.4, -0.2) is 16.0 Å². The van der Waals surface area contributed by atoms with Gasteiger partial charge in [0, 0.05) is 17.3 Å². The summed E-state index contributed by atoms with van der Waals surface area (Å²) in [6, 6.07) is 11.1. The van der Waals surface area contributed by atoms with E-state index in [0.29, 0.717) is 6.04 Å². The highest BCUT2D eigenvalue weighted by molar-refractivity contribution is 5.48. The molecule has 0 spiro atoms. The van der Waals surface area contributed by atoms with Crippen LogP contribution in [0.1, 0.15) is 36.6 Å². The Morgan fingerprint density at radius 3 is 2.85 bits per heavy atom. The molecule has 3 nitrogen and oxygen atoms in total. The first-order chi connectivity index (χ1) is 9.83. The van der Waals surface area contributed by atoms with Crippen LogP contribution in [0.25, 0.3) is 0 Å². The van der Waals surface area contributed by atoms with Gasteiger partial charge in [0.1, 0.15) is 12.1 Å². The van der Waals surface area contributed by atoms with Crippen LogP contribution in [-0.2, 0) is 19.3 Å². The number of aromatic nitrogens is 2. The van der Waals surface area contributed by atoms with Crippen LogP contribution in [0, 0.1) is 0 Å². The molecule has 1 unspecified atom stereocenters. The van der Waals surface area contributed by atoms with Gasteiger partial charge in [-0.05, 0) is 44.6 Å². The second-order valence-corrected chi connectivity index (χ2v) is 5.57. The second kappa shape index (κ2) is 6.04. The zero-order chi connectivity index (χ0) is 13.8. The summed E-state index contributed by atoms with van der Waals surface area (Å²) < 4.78 is 0. The Balaban J connectivity index is 1.59. The van der Waals surface area contributed by atoms with Crippen molar-refractivity contribution in [3.05, 3.63) is 53.5 Å². The van der Waals surface area contributed by atoms with E-state index in [1.165, 1.54) is 23.2 Å². The molecule has 1 N–H and O–H groups in total. The molecule has 0 fully saturated rings. The molecule has 0 amide bonds. The maximum Gasteiger partial charge on any atom is 0.133 e. The largest absolute Gasteiger partial charge is 0.367 e. The Bertz CT molecular complexity index is 566. The van der Waals surface area contributed by atoms with Crippen LogP contribution in [0.5, 0.6) is 0 Å². The smallest absolute Gasteiger partial charge is 0.133 e. The van der Waals surface area contributed by atoms with Gasteiger partial charge in [-0.25, -0.2) is 9.97 Å². The van der Waals surface area contributed by atoms with E-state index in [-0.39, 0.29) is 0 Å². The molecule has 0 saturated heterocycles. The molecule has 1 atom stereocenters. The molecule has 2 aromatic rings. The number of nitrogens with one attached hydrogen (secondary N) is 1. The fraction of sp³-hybridized carbons (Fsp3) is 0.412. The number of hydrogen-bond acceptors (Lipinski definition) is 3. The minimum atomic E-state index is 0.426. The van der Waals surface area contributed by atoms with Gasteiger partial charge in [0.15, 0.2) is 0 Å². The van der Waals surface area contributed by atoms with Crippen molar-refractivity contribution >= 4 is 5.82 Å². The van der Waals surface area contributed by atoms with Crippen molar-refractivity contribution in [3.8, 4) is 0 Å². The van der Waals surface area contributed by atoms with E-state index >= 15 is 0 Å². The lowest BCUT2D eigenvalue weighted by Gasteiger charge is -2.16. The molecule has 1 aliphatic carbocycles. The van der Waals surface area contributed by atoms with Crippen molar-refractivity contribution in [1.29, 1.82) is 0 Å². The summed E-state index contributed by atoms with van der Waals surface area (Å²) in [7, 11) is 0. The predicted molar refractivity (Wildman–Crippen MR) is 81.9 cm³/mol. The molecule has 0 aliphatic heterocycles. The zero-order valence-corrected chi connectivity index (χ0v) is 12.0. The number of hydrogen-bond donors (Lipinski definition) is 1. The summed E-state index contributed by atoms with van der Waals surface area (Å²) in [6.45, 7) is 2.23. The maximum absolute atomic E-state index is 4.42. The molecular weight excluding hydrogens is 246 g/mol. The summed E-state index contributed by atoms with van der Waals surface area (Å²) in [5, 5.41) is 3.56. The molecule has 1 aromatic carbocycles. The topological polar surface area (TPSA) is 37.8 Å². The first-order valence-electron chi connectivity index (χ1n) is 7.46. The van der Waals surface area contributed by atoms with E-state index in [4.69, 9.17) is 0 Å². The van der Waals surface area contributed by atoms with E-state index in [1.807, 2.05) is 0 Å². The standard InChI is InChI=1S/C17H21N3/c1-13(10-11-14-6-3-2-4-7-14)20-17-15-8-5-9-16(15)18-12-19-17/h2-4,6-7,12-13H,5,8-11H2,1H3,(H,18,19,20). The summed E-state index contributed by atoms with van der Waals surface area (Å²) in [5.41, 5.74) is 3.96. The third-order valence-corrected chi connectivity index (χ3v) is 3.97. The average Bonchev–Trinajstić information content (AvgIpc) is 2.96. The minimum absolute atomic E-state index is 0.426. The first kappa shape index (κ1) is 13.1. The fourth-order valence-electron chi connectivity index (χ4n) is 2.82. The van der Waals surface area contributed by atoms with Crippen LogP contribution < -0.4 is 5.32 Å². The maximum atomic E-state index is 4.42. The Labute approximate surface area is 120 Å². The number of aryl methyl sites for hydroxylation is 2. The number of benzene rings is 1. The molecule has 3 heteroatoms. The van der Waals surface area contributed by atoms with Gasteiger partial charge in [-0.15, -0.1) is 0 Å². The normalized spacial score (nSPS) is 14.8. The van der Waals surface area contributed by atoms with Gasteiger partial charge < -0.3 is 5.32 Å². The van der Waals surface area contributed by atoms with Crippen molar-refractivity contribution in [2.45, 2.75) is 45.1 Å².